The highest BCUT2D eigenvalue weighted by Gasteiger charge is 2.23. The Morgan fingerprint density at radius 2 is 2.10 bits per heavy atom. The van der Waals surface area contributed by atoms with Crippen LogP contribution in [0.1, 0.15) is 44.3 Å². The average Bonchev–Trinajstić information content (AvgIpc) is 2.87. The second kappa shape index (κ2) is 6.22. The molecule has 0 aromatic carbocycles. The van der Waals surface area contributed by atoms with E-state index in [0.717, 1.165) is 43.2 Å². The van der Waals surface area contributed by atoms with Gasteiger partial charge in [-0.2, -0.15) is 0 Å². The fraction of sp³-hybridized carbons (Fsp3) is 0.733. The first-order chi connectivity index (χ1) is 9.40. The van der Waals surface area contributed by atoms with Crippen molar-refractivity contribution >= 4 is 17.2 Å². The van der Waals surface area contributed by atoms with Gasteiger partial charge in [-0.25, -0.2) is 4.98 Å². The molecule has 0 radical (unpaired) electrons. The third kappa shape index (κ3) is 3.79. The van der Waals surface area contributed by atoms with Gasteiger partial charge in [-0.3, -0.25) is 4.79 Å². The monoisotopic (exact) mass is 295 g/mol. The summed E-state index contributed by atoms with van der Waals surface area (Å²) in [6.07, 6.45) is 2.50. The van der Waals surface area contributed by atoms with E-state index in [1.807, 2.05) is 10.3 Å². The van der Waals surface area contributed by atoms with Crippen LogP contribution in [0.2, 0.25) is 0 Å². The van der Waals surface area contributed by atoms with E-state index in [9.17, 15) is 4.79 Å². The zero-order valence-corrected chi connectivity index (χ0v) is 13.5. The van der Waals surface area contributed by atoms with Gasteiger partial charge in [-0.05, 0) is 25.3 Å². The average molecular weight is 295 g/mol. The topological polar surface area (TPSA) is 59.2 Å². The Hall–Kier alpha value is -0.940. The molecule has 0 saturated carbocycles. The number of nitrogens with zero attached hydrogens (tertiary/aromatic N) is 2. The lowest BCUT2D eigenvalue weighted by molar-refractivity contribution is -0.131. The smallest absolute Gasteiger partial charge is 0.228 e. The fourth-order valence-corrected chi connectivity index (χ4v) is 3.32. The number of hydrogen-bond donors (Lipinski definition) is 1. The molecule has 1 aliphatic rings. The number of amides is 1. The quantitative estimate of drug-likeness (QED) is 0.930. The van der Waals surface area contributed by atoms with E-state index in [2.05, 4.69) is 25.8 Å². The molecule has 2 N–H and O–H groups in total. The summed E-state index contributed by atoms with van der Waals surface area (Å²) in [4.78, 5) is 18.8. The summed E-state index contributed by atoms with van der Waals surface area (Å²) in [7, 11) is 0. The molecular weight excluding hydrogens is 270 g/mol. The van der Waals surface area contributed by atoms with Gasteiger partial charge in [0.1, 0.15) is 0 Å². The Bertz CT molecular complexity index is 456. The van der Waals surface area contributed by atoms with Crippen LogP contribution in [0, 0.1) is 5.92 Å². The van der Waals surface area contributed by atoms with Crippen molar-refractivity contribution in [3.8, 4) is 0 Å². The van der Waals surface area contributed by atoms with E-state index in [0.29, 0.717) is 12.3 Å². The van der Waals surface area contributed by atoms with Crippen LogP contribution >= 0.6 is 11.3 Å². The number of thiazole rings is 1. The molecule has 4 nitrogen and oxygen atoms in total. The summed E-state index contributed by atoms with van der Waals surface area (Å²) < 4.78 is 0. The predicted octanol–water partition coefficient (Wildman–Crippen LogP) is 2.18. The van der Waals surface area contributed by atoms with Crippen LogP contribution in [0.4, 0.5) is 0 Å². The van der Waals surface area contributed by atoms with Crippen molar-refractivity contribution in [3.05, 3.63) is 16.1 Å². The minimum atomic E-state index is 0.0609. The summed E-state index contributed by atoms with van der Waals surface area (Å²) in [5.74, 6) is 0.789. The van der Waals surface area contributed by atoms with Crippen LogP contribution in [0.3, 0.4) is 0 Å². The first kappa shape index (κ1) is 15.4. The fourth-order valence-electron chi connectivity index (χ4n) is 2.42. The number of likely N-dealkylation sites (tertiary alicyclic amines) is 1. The number of hydrogen-bond acceptors (Lipinski definition) is 4. The first-order valence-corrected chi connectivity index (χ1v) is 8.21. The van der Waals surface area contributed by atoms with Gasteiger partial charge in [-0.1, -0.05) is 20.8 Å². The lowest BCUT2D eigenvalue weighted by Crippen LogP contribution is -2.40. The number of carbonyl (C=O) groups is 1. The Balaban J connectivity index is 1.90. The third-order valence-corrected chi connectivity index (χ3v) is 5.14. The van der Waals surface area contributed by atoms with Crippen LogP contribution in [-0.4, -0.2) is 35.4 Å². The lowest BCUT2D eigenvalue weighted by Gasteiger charge is -2.31. The number of rotatable bonds is 3. The van der Waals surface area contributed by atoms with Crippen molar-refractivity contribution in [2.45, 2.75) is 45.4 Å². The minimum absolute atomic E-state index is 0.0609. The molecule has 0 spiro atoms. The highest BCUT2D eigenvalue weighted by Crippen LogP contribution is 2.26. The second-order valence-electron chi connectivity index (χ2n) is 6.63. The van der Waals surface area contributed by atoms with E-state index in [1.54, 1.807) is 11.3 Å². The van der Waals surface area contributed by atoms with Gasteiger partial charge < -0.3 is 10.6 Å². The molecule has 1 saturated heterocycles. The zero-order chi connectivity index (χ0) is 14.8. The molecule has 1 aromatic heterocycles. The highest BCUT2D eigenvalue weighted by molar-refractivity contribution is 7.09. The lowest BCUT2D eigenvalue weighted by atomic mass is 9.97. The van der Waals surface area contributed by atoms with Gasteiger partial charge in [0, 0.05) is 23.9 Å². The summed E-state index contributed by atoms with van der Waals surface area (Å²) in [5.41, 5.74) is 6.65. The highest BCUT2D eigenvalue weighted by atomic mass is 32.1. The summed E-state index contributed by atoms with van der Waals surface area (Å²) in [6.45, 7) is 8.87. The second-order valence-corrected chi connectivity index (χ2v) is 7.49. The zero-order valence-electron chi connectivity index (χ0n) is 12.7. The minimum Gasteiger partial charge on any atom is -0.342 e. The van der Waals surface area contributed by atoms with Crippen molar-refractivity contribution in [2.24, 2.45) is 11.7 Å². The molecule has 0 atom stereocenters. The van der Waals surface area contributed by atoms with E-state index < -0.39 is 0 Å². The van der Waals surface area contributed by atoms with Crippen LogP contribution < -0.4 is 5.73 Å². The predicted molar refractivity (Wildman–Crippen MR) is 82.9 cm³/mol. The number of piperidine rings is 1. The van der Waals surface area contributed by atoms with Gasteiger partial charge in [0.25, 0.3) is 0 Å². The van der Waals surface area contributed by atoms with Crippen molar-refractivity contribution in [1.82, 2.24) is 9.88 Å². The standard InChI is InChI=1S/C15H25N3OS/c1-15(2,3)14-17-12(10-20-14)8-13(19)18-6-4-11(9-16)5-7-18/h10-11H,4-9,16H2,1-3H3. The van der Waals surface area contributed by atoms with E-state index in [4.69, 9.17) is 5.73 Å². The van der Waals surface area contributed by atoms with Crippen LogP contribution in [-0.2, 0) is 16.6 Å². The maximum Gasteiger partial charge on any atom is 0.228 e. The molecule has 1 fully saturated rings. The van der Waals surface area contributed by atoms with Crippen LogP contribution in [0.15, 0.2) is 5.38 Å². The molecule has 0 bridgehead atoms. The Morgan fingerprint density at radius 3 is 2.60 bits per heavy atom. The molecule has 0 unspecified atom stereocenters. The van der Waals surface area contributed by atoms with E-state index in [-0.39, 0.29) is 11.3 Å². The Kier molecular flexibility index (Phi) is 4.81. The molecular formula is C15H25N3OS. The molecule has 0 aliphatic carbocycles. The number of aromatic nitrogens is 1. The molecule has 1 aromatic rings. The van der Waals surface area contributed by atoms with Gasteiger partial charge in [0.15, 0.2) is 0 Å². The Labute approximate surface area is 125 Å². The third-order valence-electron chi connectivity index (χ3n) is 3.83. The molecule has 20 heavy (non-hydrogen) atoms. The molecule has 1 amide bonds. The molecule has 2 heterocycles. The van der Waals surface area contributed by atoms with E-state index in [1.165, 1.54) is 0 Å². The van der Waals surface area contributed by atoms with Crippen LogP contribution in [0.5, 0.6) is 0 Å². The molecule has 2 rings (SSSR count). The van der Waals surface area contributed by atoms with Crippen molar-refractivity contribution in [3.63, 3.8) is 0 Å². The Morgan fingerprint density at radius 1 is 1.45 bits per heavy atom. The maximum atomic E-state index is 12.3. The maximum absolute atomic E-state index is 12.3. The van der Waals surface area contributed by atoms with Gasteiger partial charge in [0.2, 0.25) is 5.91 Å². The SMILES string of the molecule is CC(C)(C)c1nc(CC(=O)N2CCC(CN)CC2)cs1. The molecule has 112 valence electrons. The van der Waals surface area contributed by atoms with E-state index >= 15 is 0 Å². The van der Waals surface area contributed by atoms with Gasteiger partial charge in [-0.15, -0.1) is 11.3 Å². The van der Waals surface area contributed by atoms with Crippen molar-refractivity contribution < 1.29 is 4.79 Å². The summed E-state index contributed by atoms with van der Waals surface area (Å²) in [6, 6.07) is 0. The number of carbonyl (C=O) groups excluding carboxylic acids is 1. The van der Waals surface area contributed by atoms with Crippen molar-refractivity contribution in [1.29, 1.82) is 0 Å². The van der Waals surface area contributed by atoms with Crippen molar-refractivity contribution in [2.75, 3.05) is 19.6 Å². The summed E-state index contributed by atoms with van der Waals surface area (Å²) >= 11 is 1.65. The largest absolute Gasteiger partial charge is 0.342 e. The molecule has 1 aliphatic heterocycles. The van der Waals surface area contributed by atoms with Gasteiger partial charge in [0.05, 0.1) is 17.1 Å². The normalized spacial score (nSPS) is 17.5. The number of nitrogens with two attached hydrogens (primary N) is 1. The first-order valence-electron chi connectivity index (χ1n) is 7.33. The molecule has 5 heteroatoms. The van der Waals surface area contributed by atoms with Crippen LogP contribution in [0.25, 0.3) is 0 Å². The summed E-state index contributed by atoms with van der Waals surface area (Å²) in [5, 5.41) is 3.12. The van der Waals surface area contributed by atoms with Gasteiger partial charge >= 0.3 is 0 Å².